The molecule has 1 aromatic rings. The van der Waals surface area contributed by atoms with Crippen molar-refractivity contribution < 1.29 is 9.59 Å². The van der Waals surface area contributed by atoms with Gasteiger partial charge < -0.3 is 9.80 Å². The van der Waals surface area contributed by atoms with Crippen LogP contribution in [-0.4, -0.2) is 66.8 Å². The highest BCUT2D eigenvalue weighted by atomic mass is 16.2. The van der Waals surface area contributed by atoms with E-state index in [0.29, 0.717) is 19.6 Å². The van der Waals surface area contributed by atoms with Crippen LogP contribution >= 0.6 is 0 Å². The fourth-order valence-corrected chi connectivity index (χ4v) is 2.65. The Morgan fingerprint density at radius 3 is 2.43 bits per heavy atom. The number of nitrogens with zero attached hydrogens (tertiary/aromatic N) is 3. The lowest BCUT2D eigenvalue weighted by Gasteiger charge is -2.41. The van der Waals surface area contributed by atoms with E-state index in [1.807, 2.05) is 35.2 Å². The van der Waals surface area contributed by atoms with Gasteiger partial charge in [0, 0.05) is 40.7 Å². The Kier molecular flexibility index (Phi) is 4.96. The molecule has 1 aliphatic rings. The molecule has 2 rings (SSSR count). The van der Waals surface area contributed by atoms with Gasteiger partial charge in [0.15, 0.2) is 0 Å². The Labute approximate surface area is 126 Å². The second-order valence-corrected chi connectivity index (χ2v) is 5.66. The zero-order valence-electron chi connectivity index (χ0n) is 13.0. The van der Waals surface area contributed by atoms with E-state index in [0.717, 1.165) is 12.1 Å². The Morgan fingerprint density at radius 2 is 1.86 bits per heavy atom. The first-order valence-electron chi connectivity index (χ1n) is 7.23. The monoisotopic (exact) mass is 289 g/mol. The molecular weight excluding hydrogens is 266 g/mol. The van der Waals surface area contributed by atoms with Crippen LogP contribution in [0, 0.1) is 0 Å². The van der Waals surface area contributed by atoms with Gasteiger partial charge in [-0.1, -0.05) is 30.3 Å². The number of hydrogen-bond donors (Lipinski definition) is 0. The van der Waals surface area contributed by atoms with Crippen LogP contribution in [0.25, 0.3) is 0 Å². The minimum absolute atomic E-state index is 0.0208. The van der Waals surface area contributed by atoms with Crippen molar-refractivity contribution in [2.45, 2.75) is 13.0 Å². The Balaban J connectivity index is 2.13. The van der Waals surface area contributed by atoms with E-state index in [4.69, 9.17) is 0 Å². The molecular formula is C16H23N3O2. The topological polar surface area (TPSA) is 43.9 Å². The fraction of sp³-hybridized carbons (Fsp3) is 0.500. The number of rotatable bonds is 3. The summed E-state index contributed by atoms with van der Waals surface area (Å²) in [5.74, 6) is 0.181. The van der Waals surface area contributed by atoms with Crippen LogP contribution in [0.2, 0.25) is 0 Å². The summed E-state index contributed by atoms with van der Waals surface area (Å²) in [5, 5.41) is 0. The molecule has 1 saturated heterocycles. The predicted molar refractivity (Wildman–Crippen MR) is 81.7 cm³/mol. The number of carbonyl (C=O) groups is 2. The van der Waals surface area contributed by atoms with Crippen LogP contribution in [0.4, 0.5) is 0 Å². The van der Waals surface area contributed by atoms with Gasteiger partial charge in [0.1, 0.15) is 0 Å². The second-order valence-electron chi connectivity index (χ2n) is 5.66. The van der Waals surface area contributed by atoms with Gasteiger partial charge in [-0.05, 0) is 5.56 Å². The summed E-state index contributed by atoms with van der Waals surface area (Å²) in [6.07, 6.45) is 0. The SMILES string of the molecule is CC(=O)N1CCN(CC(=O)N(C)C)C[C@@H]1c1ccccc1. The maximum absolute atomic E-state index is 11.9. The summed E-state index contributed by atoms with van der Waals surface area (Å²) >= 11 is 0. The molecule has 21 heavy (non-hydrogen) atoms. The summed E-state index contributed by atoms with van der Waals surface area (Å²) in [5.41, 5.74) is 1.12. The van der Waals surface area contributed by atoms with E-state index < -0.39 is 0 Å². The third-order valence-electron chi connectivity index (χ3n) is 3.91. The molecule has 1 heterocycles. The summed E-state index contributed by atoms with van der Waals surface area (Å²) in [7, 11) is 3.53. The van der Waals surface area contributed by atoms with Gasteiger partial charge in [0.25, 0.3) is 0 Å². The standard InChI is InChI=1S/C16H23N3O2/c1-13(20)19-10-9-18(12-16(21)17(2)3)11-15(19)14-7-5-4-6-8-14/h4-8,15H,9-12H2,1-3H3/t15-/m1/s1. The van der Waals surface area contributed by atoms with E-state index in [-0.39, 0.29) is 17.9 Å². The van der Waals surface area contributed by atoms with Gasteiger partial charge >= 0.3 is 0 Å². The molecule has 1 fully saturated rings. The Bertz CT molecular complexity index is 502. The maximum atomic E-state index is 11.9. The van der Waals surface area contributed by atoms with Crippen molar-refractivity contribution in [3.8, 4) is 0 Å². The third-order valence-corrected chi connectivity index (χ3v) is 3.91. The Hall–Kier alpha value is -1.88. The van der Waals surface area contributed by atoms with Gasteiger partial charge in [0.05, 0.1) is 12.6 Å². The van der Waals surface area contributed by atoms with Crippen LogP contribution in [-0.2, 0) is 9.59 Å². The fourth-order valence-electron chi connectivity index (χ4n) is 2.65. The van der Waals surface area contributed by atoms with Crippen LogP contribution in [0.1, 0.15) is 18.5 Å². The van der Waals surface area contributed by atoms with E-state index >= 15 is 0 Å². The van der Waals surface area contributed by atoms with E-state index in [1.54, 1.807) is 25.9 Å². The zero-order valence-corrected chi connectivity index (χ0v) is 13.0. The predicted octanol–water partition coefficient (Wildman–Crippen LogP) is 0.980. The number of amides is 2. The highest BCUT2D eigenvalue weighted by Crippen LogP contribution is 2.25. The van der Waals surface area contributed by atoms with Crippen LogP contribution in [0.3, 0.4) is 0 Å². The largest absolute Gasteiger partial charge is 0.348 e. The van der Waals surface area contributed by atoms with Crippen LogP contribution < -0.4 is 0 Å². The van der Waals surface area contributed by atoms with Crippen molar-refractivity contribution in [3.05, 3.63) is 35.9 Å². The molecule has 0 radical (unpaired) electrons. The van der Waals surface area contributed by atoms with Gasteiger partial charge in [-0.15, -0.1) is 0 Å². The maximum Gasteiger partial charge on any atom is 0.236 e. The molecule has 0 unspecified atom stereocenters. The molecule has 0 spiro atoms. The number of likely N-dealkylation sites (N-methyl/N-ethyl adjacent to an activating group) is 1. The number of hydrogen-bond acceptors (Lipinski definition) is 3. The average molecular weight is 289 g/mol. The molecule has 1 atom stereocenters. The number of benzene rings is 1. The molecule has 5 heteroatoms. The summed E-state index contributed by atoms with van der Waals surface area (Å²) < 4.78 is 0. The van der Waals surface area contributed by atoms with Gasteiger partial charge in [-0.25, -0.2) is 0 Å². The van der Waals surface area contributed by atoms with Crippen molar-refractivity contribution >= 4 is 11.8 Å². The highest BCUT2D eigenvalue weighted by Gasteiger charge is 2.30. The molecule has 0 aromatic heterocycles. The van der Waals surface area contributed by atoms with Crippen molar-refractivity contribution in [1.29, 1.82) is 0 Å². The molecule has 0 bridgehead atoms. The molecule has 114 valence electrons. The molecule has 0 N–H and O–H groups in total. The zero-order chi connectivity index (χ0) is 15.4. The van der Waals surface area contributed by atoms with Crippen molar-refractivity contribution in [1.82, 2.24) is 14.7 Å². The lowest BCUT2D eigenvalue weighted by molar-refractivity contribution is -0.135. The molecule has 2 amide bonds. The average Bonchev–Trinajstić information content (AvgIpc) is 2.47. The first-order valence-corrected chi connectivity index (χ1v) is 7.23. The highest BCUT2D eigenvalue weighted by molar-refractivity contribution is 5.78. The smallest absolute Gasteiger partial charge is 0.236 e. The normalized spacial score (nSPS) is 19.4. The molecule has 1 aromatic carbocycles. The van der Waals surface area contributed by atoms with E-state index in [2.05, 4.69) is 4.90 Å². The number of piperazine rings is 1. The van der Waals surface area contributed by atoms with Crippen molar-refractivity contribution in [2.24, 2.45) is 0 Å². The number of carbonyl (C=O) groups excluding carboxylic acids is 2. The summed E-state index contributed by atoms with van der Waals surface area (Å²) in [6, 6.07) is 10.0. The molecule has 0 aliphatic carbocycles. The van der Waals surface area contributed by atoms with E-state index in [9.17, 15) is 9.59 Å². The minimum atomic E-state index is 0.0208. The summed E-state index contributed by atoms with van der Waals surface area (Å²) in [4.78, 5) is 29.4. The van der Waals surface area contributed by atoms with Gasteiger partial charge in [-0.2, -0.15) is 0 Å². The molecule has 5 nitrogen and oxygen atoms in total. The third kappa shape index (κ3) is 3.82. The first-order chi connectivity index (χ1) is 9.99. The molecule has 1 aliphatic heterocycles. The van der Waals surface area contributed by atoms with Crippen LogP contribution in [0.5, 0.6) is 0 Å². The summed E-state index contributed by atoms with van der Waals surface area (Å²) in [6.45, 7) is 4.11. The van der Waals surface area contributed by atoms with Crippen molar-refractivity contribution in [2.75, 3.05) is 40.3 Å². The van der Waals surface area contributed by atoms with Crippen molar-refractivity contribution in [3.63, 3.8) is 0 Å². The molecule has 0 saturated carbocycles. The first kappa shape index (κ1) is 15.5. The lowest BCUT2D eigenvalue weighted by atomic mass is 10.0. The quantitative estimate of drug-likeness (QED) is 0.833. The van der Waals surface area contributed by atoms with Gasteiger partial charge in [-0.3, -0.25) is 14.5 Å². The second kappa shape index (κ2) is 6.72. The van der Waals surface area contributed by atoms with E-state index in [1.165, 1.54) is 0 Å². The van der Waals surface area contributed by atoms with Crippen LogP contribution in [0.15, 0.2) is 30.3 Å². The minimum Gasteiger partial charge on any atom is -0.348 e. The van der Waals surface area contributed by atoms with Gasteiger partial charge in [0.2, 0.25) is 11.8 Å². The Morgan fingerprint density at radius 1 is 1.19 bits per heavy atom. The lowest BCUT2D eigenvalue weighted by Crippen LogP contribution is -2.52.